The SMILES string of the molecule is CNc1nc2c(S(=O)(=O)c3cccc(Cl)c3)nnn2c2sccc12. The number of nitrogens with zero attached hydrogens (tertiary/aromatic N) is 4. The number of fused-ring (bicyclic) bond motifs is 3. The number of anilines is 1. The molecule has 0 amide bonds. The predicted octanol–water partition coefficient (Wildman–Crippen LogP) is 2.87. The summed E-state index contributed by atoms with van der Waals surface area (Å²) in [6, 6.07) is 7.92. The maximum absolute atomic E-state index is 12.9. The summed E-state index contributed by atoms with van der Waals surface area (Å²) in [5.74, 6) is 0.573. The van der Waals surface area contributed by atoms with Gasteiger partial charge in [-0.2, -0.15) is 4.52 Å². The van der Waals surface area contributed by atoms with Crippen molar-refractivity contribution in [3.05, 3.63) is 40.7 Å². The Morgan fingerprint density at radius 3 is 2.88 bits per heavy atom. The lowest BCUT2D eigenvalue weighted by Gasteiger charge is -2.04. The molecule has 0 spiro atoms. The fourth-order valence-corrected chi connectivity index (χ4v) is 4.80. The van der Waals surface area contributed by atoms with Crippen LogP contribution < -0.4 is 5.32 Å². The van der Waals surface area contributed by atoms with Gasteiger partial charge in [0.1, 0.15) is 10.6 Å². The van der Waals surface area contributed by atoms with Crippen molar-refractivity contribution in [3.63, 3.8) is 0 Å². The van der Waals surface area contributed by atoms with Crippen molar-refractivity contribution in [3.8, 4) is 0 Å². The first-order chi connectivity index (χ1) is 11.5. The number of halogens is 1. The van der Waals surface area contributed by atoms with Crippen LogP contribution in [0.15, 0.2) is 45.6 Å². The molecule has 3 aromatic heterocycles. The van der Waals surface area contributed by atoms with Crippen LogP contribution in [-0.2, 0) is 9.84 Å². The lowest BCUT2D eigenvalue weighted by atomic mass is 10.4. The van der Waals surface area contributed by atoms with Crippen LogP contribution in [0, 0.1) is 0 Å². The summed E-state index contributed by atoms with van der Waals surface area (Å²) >= 11 is 7.35. The second kappa shape index (κ2) is 5.40. The second-order valence-electron chi connectivity index (χ2n) is 4.94. The van der Waals surface area contributed by atoms with Crippen LogP contribution in [0.4, 0.5) is 5.82 Å². The molecular formula is C14H10ClN5O2S2. The zero-order valence-electron chi connectivity index (χ0n) is 12.3. The summed E-state index contributed by atoms with van der Waals surface area (Å²) in [6.07, 6.45) is 0. The monoisotopic (exact) mass is 379 g/mol. The van der Waals surface area contributed by atoms with Gasteiger partial charge in [-0.1, -0.05) is 22.9 Å². The summed E-state index contributed by atoms with van der Waals surface area (Å²) < 4.78 is 27.2. The van der Waals surface area contributed by atoms with E-state index in [1.807, 2.05) is 11.4 Å². The van der Waals surface area contributed by atoms with Gasteiger partial charge in [0.05, 0.1) is 10.3 Å². The Bertz CT molecular complexity index is 1180. The quantitative estimate of drug-likeness (QED) is 0.588. The van der Waals surface area contributed by atoms with Crippen LogP contribution >= 0.6 is 22.9 Å². The highest BCUT2D eigenvalue weighted by molar-refractivity contribution is 7.91. The fraction of sp³-hybridized carbons (Fsp3) is 0.0714. The number of benzene rings is 1. The van der Waals surface area contributed by atoms with E-state index in [-0.39, 0.29) is 15.6 Å². The Morgan fingerprint density at radius 1 is 1.29 bits per heavy atom. The Labute approximate surface area is 145 Å². The van der Waals surface area contributed by atoms with Gasteiger partial charge < -0.3 is 5.32 Å². The van der Waals surface area contributed by atoms with Crippen molar-refractivity contribution >= 4 is 54.5 Å². The van der Waals surface area contributed by atoms with E-state index in [0.717, 1.165) is 10.2 Å². The molecule has 3 heterocycles. The standard InChI is InChI=1S/C14H10ClN5O2S2/c1-16-11-10-5-6-23-14(10)20-12(17-11)13(18-19-20)24(21,22)9-4-2-3-8(15)7-9/h2-7H,1H3,(H,16,17). The molecule has 0 aliphatic heterocycles. The summed E-state index contributed by atoms with van der Waals surface area (Å²) in [4.78, 5) is 5.21. The van der Waals surface area contributed by atoms with Crippen molar-refractivity contribution in [2.45, 2.75) is 9.92 Å². The maximum atomic E-state index is 12.9. The van der Waals surface area contributed by atoms with Crippen LogP contribution in [-0.4, -0.2) is 35.3 Å². The molecule has 0 saturated carbocycles. The Balaban J connectivity index is 2.04. The number of sulfone groups is 1. The number of hydrogen-bond donors (Lipinski definition) is 1. The van der Waals surface area contributed by atoms with Crippen LogP contribution in [0.3, 0.4) is 0 Å². The van der Waals surface area contributed by atoms with Gasteiger partial charge in [-0.15, -0.1) is 16.4 Å². The first-order valence-corrected chi connectivity index (χ1v) is 9.57. The van der Waals surface area contributed by atoms with Gasteiger partial charge in [-0.05, 0) is 29.6 Å². The normalized spacial score (nSPS) is 12.1. The van der Waals surface area contributed by atoms with E-state index in [4.69, 9.17) is 11.6 Å². The van der Waals surface area contributed by atoms with Crippen molar-refractivity contribution in [1.29, 1.82) is 0 Å². The molecule has 10 heteroatoms. The van der Waals surface area contributed by atoms with Gasteiger partial charge in [0.15, 0.2) is 5.65 Å². The average Bonchev–Trinajstić information content (AvgIpc) is 3.20. The molecule has 0 fully saturated rings. The van der Waals surface area contributed by atoms with E-state index in [1.165, 1.54) is 28.0 Å². The lowest BCUT2D eigenvalue weighted by Crippen LogP contribution is -2.05. The van der Waals surface area contributed by atoms with Gasteiger partial charge in [0.2, 0.25) is 14.9 Å². The van der Waals surface area contributed by atoms with E-state index in [1.54, 1.807) is 19.2 Å². The fourth-order valence-electron chi connectivity index (χ4n) is 2.42. The third-order valence-electron chi connectivity index (χ3n) is 3.52. The van der Waals surface area contributed by atoms with Crippen molar-refractivity contribution in [2.75, 3.05) is 12.4 Å². The van der Waals surface area contributed by atoms with E-state index in [2.05, 4.69) is 20.6 Å². The Hall–Kier alpha value is -2.23. The molecule has 4 rings (SSSR count). The Kier molecular flexibility index (Phi) is 3.44. The van der Waals surface area contributed by atoms with Crippen LogP contribution in [0.25, 0.3) is 15.9 Å². The van der Waals surface area contributed by atoms with Crippen LogP contribution in [0.1, 0.15) is 0 Å². The molecule has 122 valence electrons. The third-order valence-corrected chi connectivity index (χ3v) is 6.30. The Morgan fingerprint density at radius 2 is 2.12 bits per heavy atom. The summed E-state index contributed by atoms with van der Waals surface area (Å²) in [5, 5.41) is 13.7. The largest absolute Gasteiger partial charge is 0.372 e. The first-order valence-electron chi connectivity index (χ1n) is 6.83. The van der Waals surface area contributed by atoms with E-state index >= 15 is 0 Å². The minimum Gasteiger partial charge on any atom is -0.372 e. The van der Waals surface area contributed by atoms with E-state index in [9.17, 15) is 8.42 Å². The lowest BCUT2D eigenvalue weighted by molar-refractivity contribution is 0.592. The molecule has 0 aliphatic rings. The second-order valence-corrected chi connectivity index (χ2v) is 8.14. The highest BCUT2D eigenvalue weighted by Gasteiger charge is 2.27. The summed E-state index contributed by atoms with van der Waals surface area (Å²) in [6.45, 7) is 0. The molecule has 0 bridgehead atoms. The molecule has 24 heavy (non-hydrogen) atoms. The van der Waals surface area contributed by atoms with E-state index < -0.39 is 9.84 Å². The molecule has 0 saturated heterocycles. The van der Waals surface area contributed by atoms with Gasteiger partial charge in [-0.3, -0.25) is 0 Å². The zero-order chi connectivity index (χ0) is 16.9. The van der Waals surface area contributed by atoms with E-state index in [0.29, 0.717) is 10.8 Å². The van der Waals surface area contributed by atoms with Crippen molar-refractivity contribution in [2.24, 2.45) is 0 Å². The van der Waals surface area contributed by atoms with Gasteiger partial charge in [0.25, 0.3) is 0 Å². The predicted molar refractivity (Wildman–Crippen MR) is 92.6 cm³/mol. The molecule has 0 aliphatic carbocycles. The summed E-state index contributed by atoms with van der Waals surface area (Å²) in [5.41, 5.74) is 0.175. The topological polar surface area (TPSA) is 89.2 Å². The minimum absolute atomic E-state index is 0.0523. The number of aromatic nitrogens is 4. The zero-order valence-corrected chi connectivity index (χ0v) is 14.7. The van der Waals surface area contributed by atoms with Gasteiger partial charge >= 0.3 is 0 Å². The maximum Gasteiger partial charge on any atom is 0.229 e. The van der Waals surface area contributed by atoms with Crippen molar-refractivity contribution < 1.29 is 8.42 Å². The van der Waals surface area contributed by atoms with Gasteiger partial charge in [-0.25, -0.2) is 13.4 Å². The van der Waals surface area contributed by atoms with Gasteiger partial charge in [0, 0.05) is 12.1 Å². The van der Waals surface area contributed by atoms with Crippen LogP contribution in [0.5, 0.6) is 0 Å². The molecule has 1 N–H and O–H groups in total. The first kappa shape index (κ1) is 15.3. The number of hydrogen-bond acceptors (Lipinski definition) is 7. The average molecular weight is 380 g/mol. The number of rotatable bonds is 3. The number of nitrogens with one attached hydrogen (secondary N) is 1. The minimum atomic E-state index is -3.89. The molecular weight excluding hydrogens is 370 g/mol. The van der Waals surface area contributed by atoms with Crippen molar-refractivity contribution in [1.82, 2.24) is 19.8 Å². The molecule has 0 atom stereocenters. The molecule has 7 nitrogen and oxygen atoms in total. The molecule has 0 unspecified atom stereocenters. The highest BCUT2D eigenvalue weighted by atomic mass is 35.5. The summed E-state index contributed by atoms with van der Waals surface area (Å²) in [7, 11) is -2.16. The highest BCUT2D eigenvalue weighted by Crippen LogP contribution is 2.30. The molecule has 0 radical (unpaired) electrons. The molecule has 4 aromatic rings. The third kappa shape index (κ3) is 2.16. The number of thiophene rings is 1. The van der Waals surface area contributed by atoms with Crippen LogP contribution in [0.2, 0.25) is 5.02 Å². The smallest absolute Gasteiger partial charge is 0.229 e. The molecule has 1 aromatic carbocycles.